The molecule has 0 saturated carbocycles. The van der Waals surface area contributed by atoms with Crippen molar-refractivity contribution >= 4 is 5.97 Å². The molecule has 112 valence electrons. The van der Waals surface area contributed by atoms with E-state index >= 15 is 0 Å². The van der Waals surface area contributed by atoms with Gasteiger partial charge < -0.3 is 9.84 Å². The molecule has 0 amide bonds. The first-order valence-corrected chi connectivity index (χ1v) is 6.52. The largest absolute Gasteiger partial charge is 0.494 e. The number of methoxy groups -OCH3 is 1. The summed E-state index contributed by atoms with van der Waals surface area (Å²) in [6.45, 7) is 3.87. The third-order valence-corrected chi connectivity index (χ3v) is 3.21. The second-order valence-electron chi connectivity index (χ2n) is 4.93. The molecular weight excluding hydrogens is 274 g/mol. The predicted octanol–water partition coefficient (Wildman–Crippen LogP) is 1.42. The average Bonchev–Trinajstić information content (AvgIpc) is 2.93. The van der Waals surface area contributed by atoms with Gasteiger partial charge in [-0.1, -0.05) is 13.8 Å². The summed E-state index contributed by atoms with van der Waals surface area (Å²) in [5.74, 6) is 0.175. The highest BCUT2D eigenvalue weighted by atomic mass is 16.5. The van der Waals surface area contributed by atoms with Crippen LogP contribution in [0, 0.1) is 5.92 Å². The molecule has 2 aromatic heterocycles. The first kappa shape index (κ1) is 14.9. The van der Waals surface area contributed by atoms with Crippen LogP contribution in [0.25, 0.3) is 11.4 Å². The highest BCUT2D eigenvalue weighted by molar-refractivity contribution is 5.68. The Morgan fingerprint density at radius 2 is 2.24 bits per heavy atom. The zero-order valence-electron chi connectivity index (χ0n) is 12.1. The minimum Gasteiger partial charge on any atom is -0.494 e. The Labute approximate surface area is 121 Å². The van der Waals surface area contributed by atoms with Gasteiger partial charge in [0, 0.05) is 6.20 Å². The van der Waals surface area contributed by atoms with E-state index in [0.29, 0.717) is 17.1 Å². The summed E-state index contributed by atoms with van der Waals surface area (Å²) < 4.78 is 6.80. The van der Waals surface area contributed by atoms with Gasteiger partial charge in [-0.25, -0.2) is 4.68 Å². The van der Waals surface area contributed by atoms with E-state index in [1.165, 1.54) is 11.8 Å². The Kier molecular flexibility index (Phi) is 4.46. The molecule has 8 nitrogen and oxygen atoms in total. The van der Waals surface area contributed by atoms with Gasteiger partial charge in [0.1, 0.15) is 5.75 Å². The van der Waals surface area contributed by atoms with Crippen LogP contribution in [0.3, 0.4) is 0 Å². The molecule has 8 heteroatoms. The van der Waals surface area contributed by atoms with Crippen molar-refractivity contribution in [3.8, 4) is 17.1 Å². The first-order valence-electron chi connectivity index (χ1n) is 6.52. The monoisotopic (exact) mass is 291 g/mol. The van der Waals surface area contributed by atoms with Crippen molar-refractivity contribution in [2.24, 2.45) is 5.92 Å². The molecule has 0 radical (unpaired) electrons. The summed E-state index contributed by atoms with van der Waals surface area (Å²) in [5.41, 5.74) is 0.675. The van der Waals surface area contributed by atoms with Crippen molar-refractivity contribution in [1.29, 1.82) is 0 Å². The van der Waals surface area contributed by atoms with Gasteiger partial charge in [-0.15, -0.1) is 5.10 Å². The molecule has 1 N–H and O–H groups in total. The van der Waals surface area contributed by atoms with Crippen LogP contribution < -0.4 is 4.74 Å². The number of rotatable bonds is 6. The van der Waals surface area contributed by atoms with E-state index in [-0.39, 0.29) is 18.4 Å². The van der Waals surface area contributed by atoms with Gasteiger partial charge in [-0.2, -0.15) is 0 Å². The summed E-state index contributed by atoms with van der Waals surface area (Å²) in [7, 11) is 1.53. The number of carbonyl (C=O) groups is 1. The quantitative estimate of drug-likeness (QED) is 0.858. The summed E-state index contributed by atoms with van der Waals surface area (Å²) in [5, 5.41) is 20.7. The van der Waals surface area contributed by atoms with Crippen molar-refractivity contribution in [2.45, 2.75) is 26.3 Å². The third kappa shape index (κ3) is 3.15. The van der Waals surface area contributed by atoms with E-state index in [1.807, 2.05) is 13.8 Å². The fraction of sp³-hybridized carbons (Fsp3) is 0.462. The molecule has 2 heterocycles. The van der Waals surface area contributed by atoms with Gasteiger partial charge >= 0.3 is 5.97 Å². The maximum Gasteiger partial charge on any atom is 0.305 e. The summed E-state index contributed by atoms with van der Waals surface area (Å²) in [6.07, 6.45) is 3.12. The van der Waals surface area contributed by atoms with E-state index in [9.17, 15) is 4.79 Å². The summed E-state index contributed by atoms with van der Waals surface area (Å²) >= 11 is 0. The van der Waals surface area contributed by atoms with Gasteiger partial charge in [0.25, 0.3) is 0 Å². The molecule has 0 aromatic carbocycles. The Morgan fingerprint density at radius 1 is 1.48 bits per heavy atom. The molecule has 1 unspecified atom stereocenters. The van der Waals surface area contributed by atoms with E-state index in [4.69, 9.17) is 9.84 Å². The number of ether oxygens (including phenoxy) is 1. The highest BCUT2D eigenvalue weighted by Gasteiger charge is 2.25. The molecule has 0 saturated heterocycles. The molecule has 0 aliphatic rings. The van der Waals surface area contributed by atoms with Crippen molar-refractivity contribution in [3.63, 3.8) is 0 Å². The van der Waals surface area contributed by atoms with Gasteiger partial charge in [0.2, 0.25) is 0 Å². The molecule has 1 atom stereocenters. The van der Waals surface area contributed by atoms with Crippen LogP contribution in [0.4, 0.5) is 0 Å². The number of tetrazole rings is 1. The highest BCUT2D eigenvalue weighted by Crippen LogP contribution is 2.30. The fourth-order valence-electron chi connectivity index (χ4n) is 2.11. The van der Waals surface area contributed by atoms with Gasteiger partial charge in [-0.3, -0.25) is 9.78 Å². The molecule has 0 aliphatic heterocycles. The van der Waals surface area contributed by atoms with E-state index in [0.717, 1.165) is 0 Å². The predicted molar refractivity (Wildman–Crippen MR) is 73.7 cm³/mol. The van der Waals surface area contributed by atoms with Gasteiger partial charge in [0.15, 0.2) is 5.82 Å². The topological polar surface area (TPSA) is 103 Å². The SMILES string of the molecule is COc1cnccc1-c1nnnn1C(CC(=O)O)C(C)C. The fourth-order valence-corrected chi connectivity index (χ4v) is 2.11. The Bertz CT molecular complexity index is 626. The van der Waals surface area contributed by atoms with Crippen molar-refractivity contribution in [2.75, 3.05) is 7.11 Å². The number of nitrogens with zero attached hydrogens (tertiary/aromatic N) is 5. The van der Waals surface area contributed by atoms with E-state index in [1.54, 1.807) is 18.5 Å². The van der Waals surface area contributed by atoms with Gasteiger partial charge in [0.05, 0.1) is 31.3 Å². The average molecular weight is 291 g/mol. The molecule has 0 spiro atoms. The number of carboxylic acid groups (broad SMARTS) is 1. The maximum atomic E-state index is 11.1. The second kappa shape index (κ2) is 6.29. The lowest BCUT2D eigenvalue weighted by Gasteiger charge is -2.20. The number of aromatic nitrogens is 5. The molecule has 21 heavy (non-hydrogen) atoms. The van der Waals surface area contributed by atoms with Crippen molar-refractivity contribution < 1.29 is 14.6 Å². The van der Waals surface area contributed by atoms with E-state index < -0.39 is 5.97 Å². The molecule has 2 rings (SSSR count). The lowest BCUT2D eigenvalue weighted by atomic mass is 10.0. The number of hydrogen-bond donors (Lipinski definition) is 1. The minimum atomic E-state index is -0.892. The zero-order valence-corrected chi connectivity index (χ0v) is 12.1. The second-order valence-corrected chi connectivity index (χ2v) is 4.93. The number of aliphatic carboxylic acids is 1. The van der Waals surface area contributed by atoms with Crippen LogP contribution in [0.5, 0.6) is 5.75 Å². The molecule has 0 aliphatic carbocycles. The maximum absolute atomic E-state index is 11.1. The molecule has 0 fully saturated rings. The van der Waals surface area contributed by atoms with Crippen LogP contribution >= 0.6 is 0 Å². The Balaban J connectivity index is 2.48. The minimum absolute atomic E-state index is 0.0525. The Hall–Kier alpha value is -2.51. The molecule has 2 aromatic rings. The zero-order chi connectivity index (χ0) is 15.4. The smallest absolute Gasteiger partial charge is 0.305 e. The van der Waals surface area contributed by atoms with Crippen LogP contribution in [-0.2, 0) is 4.79 Å². The van der Waals surface area contributed by atoms with Crippen LogP contribution in [0.2, 0.25) is 0 Å². The summed E-state index contributed by atoms with van der Waals surface area (Å²) in [6, 6.07) is 1.39. The number of hydrogen-bond acceptors (Lipinski definition) is 6. The third-order valence-electron chi connectivity index (χ3n) is 3.21. The number of carboxylic acids is 1. The normalized spacial score (nSPS) is 12.4. The van der Waals surface area contributed by atoms with Gasteiger partial charge in [-0.05, 0) is 22.4 Å². The van der Waals surface area contributed by atoms with E-state index in [2.05, 4.69) is 20.5 Å². The molecule has 0 bridgehead atoms. The van der Waals surface area contributed by atoms with Crippen molar-refractivity contribution in [3.05, 3.63) is 18.5 Å². The Morgan fingerprint density at radius 3 is 2.86 bits per heavy atom. The standard InChI is InChI=1S/C13H17N5O3/c1-8(2)10(6-12(19)20)18-13(15-16-17-18)9-4-5-14-7-11(9)21-3/h4-5,7-8,10H,6H2,1-3H3,(H,19,20). The van der Waals surface area contributed by atoms with Crippen LogP contribution in [0.15, 0.2) is 18.5 Å². The van der Waals surface area contributed by atoms with Crippen LogP contribution in [0.1, 0.15) is 26.3 Å². The summed E-state index contributed by atoms with van der Waals surface area (Å²) in [4.78, 5) is 15.1. The van der Waals surface area contributed by atoms with Crippen LogP contribution in [-0.4, -0.2) is 43.4 Å². The van der Waals surface area contributed by atoms with Crippen molar-refractivity contribution in [1.82, 2.24) is 25.2 Å². The lowest BCUT2D eigenvalue weighted by molar-refractivity contribution is -0.138. The first-order chi connectivity index (χ1) is 10.0. The molecular formula is C13H17N5O3. The lowest BCUT2D eigenvalue weighted by Crippen LogP contribution is -2.21. The number of pyridine rings is 1.